The van der Waals surface area contributed by atoms with Crippen LogP contribution in [-0.4, -0.2) is 62.4 Å². The van der Waals surface area contributed by atoms with E-state index in [-0.39, 0.29) is 17.5 Å². The lowest BCUT2D eigenvalue weighted by Gasteiger charge is -2.41. The number of ether oxygens (including phenoxy) is 3. The highest BCUT2D eigenvalue weighted by Crippen LogP contribution is 2.39. The number of halogens is 1. The Morgan fingerprint density at radius 3 is 2.47 bits per heavy atom. The fourth-order valence-electron chi connectivity index (χ4n) is 6.23. The van der Waals surface area contributed by atoms with Crippen LogP contribution >= 0.6 is 0 Å². The first-order valence-electron chi connectivity index (χ1n) is 16.7. The zero-order chi connectivity index (χ0) is 35.5. The summed E-state index contributed by atoms with van der Waals surface area (Å²) in [5.74, 6) is 0.212. The highest BCUT2D eigenvalue weighted by Gasteiger charge is 2.37. The van der Waals surface area contributed by atoms with Gasteiger partial charge in [-0.2, -0.15) is 0 Å². The van der Waals surface area contributed by atoms with E-state index in [2.05, 4.69) is 25.0 Å². The number of fused-ring (bicyclic) bond motifs is 1. The van der Waals surface area contributed by atoms with Gasteiger partial charge in [0.2, 0.25) is 5.78 Å². The molecule has 0 saturated carbocycles. The van der Waals surface area contributed by atoms with Crippen molar-refractivity contribution in [2.24, 2.45) is 0 Å². The molecule has 0 bridgehead atoms. The number of benzene rings is 2. The van der Waals surface area contributed by atoms with Crippen molar-refractivity contribution in [3.8, 4) is 28.1 Å². The molecule has 9 nitrogen and oxygen atoms in total. The van der Waals surface area contributed by atoms with Crippen LogP contribution in [0.2, 0.25) is 0 Å². The molecular formula is C39H47FN4O5. The number of carboxylic acid groups (broad SMARTS) is 1. The average Bonchev–Trinajstić information content (AvgIpc) is 3.47. The number of hydrogen-bond donors (Lipinski definition) is 1. The third-order valence-electron chi connectivity index (χ3n) is 8.68. The molecule has 5 rings (SSSR count). The summed E-state index contributed by atoms with van der Waals surface area (Å²) in [6.07, 6.45) is 6.14. The molecule has 2 atom stereocenters. The first-order valence-corrected chi connectivity index (χ1v) is 16.7. The van der Waals surface area contributed by atoms with Crippen molar-refractivity contribution in [3.05, 3.63) is 91.0 Å². The second-order valence-corrected chi connectivity index (χ2v) is 13.9. The molecule has 49 heavy (non-hydrogen) atoms. The summed E-state index contributed by atoms with van der Waals surface area (Å²) in [4.78, 5) is 24.7. The molecule has 1 saturated heterocycles. The SMILES string of the molecule is C=CCOC1(C)CCN(c2c(C(OC(C)(C)C)C(=O)O)c(C)nc3nc(-c4cccc(-c5cc(F)ccc5O[C@@H](C)CC=C)c4)cn23)CC1. The highest BCUT2D eigenvalue weighted by atomic mass is 19.1. The predicted molar refractivity (Wildman–Crippen MR) is 191 cm³/mol. The Labute approximate surface area is 288 Å². The van der Waals surface area contributed by atoms with Crippen LogP contribution in [0.3, 0.4) is 0 Å². The molecule has 1 unspecified atom stereocenters. The van der Waals surface area contributed by atoms with E-state index >= 15 is 0 Å². The van der Waals surface area contributed by atoms with Crippen molar-refractivity contribution >= 4 is 17.6 Å². The third kappa shape index (κ3) is 8.20. The van der Waals surface area contributed by atoms with Gasteiger partial charge in [-0.25, -0.2) is 19.2 Å². The number of aromatic nitrogens is 3. The number of carbonyl (C=O) groups is 1. The molecule has 1 N–H and O–H groups in total. The molecule has 3 heterocycles. The fourth-order valence-corrected chi connectivity index (χ4v) is 6.23. The zero-order valence-electron chi connectivity index (χ0n) is 29.3. The van der Waals surface area contributed by atoms with E-state index in [1.165, 1.54) is 12.1 Å². The van der Waals surface area contributed by atoms with Crippen LogP contribution in [0.1, 0.15) is 71.2 Å². The van der Waals surface area contributed by atoms with Gasteiger partial charge in [0.05, 0.1) is 40.9 Å². The lowest BCUT2D eigenvalue weighted by atomic mass is 9.92. The molecule has 0 radical (unpaired) electrons. The molecule has 0 aliphatic carbocycles. The van der Waals surface area contributed by atoms with Crippen molar-refractivity contribution in [2.45, 2.75) is 84.2 Å². The van der Waals surface area contributed by atoms with Gasteiger partial charge in [-0.05, 0) is 84.2 Å². The van der Waals surface area contributed by atoms with Gasteiger partial charge in [0, 0.05) is 36.8 Å². The molecule has 1 aliphatic rings. The molecule has 0 amide bonds. The Hall–Kier alpha value is -4.54. The van der Waals surface area contributed by atoms with Gasteiger partial charge in [0.1, 0.15) is 17.4 Å². The van der Waals surface area contributed by atoms with Gasteiger partial charge in [-0.15, -0.1) is 13.2 Å². The van der Waals surface area contributed by atoms with Crippen LogP contribution in [-0.2, 0) is 14.3 Å². The second-order valence-electron chi connectivity index (χ2n) is 13.9. The summed E-state index contributed by atoms with van der Waals surface area (Å²) in [5, 5.41) is 10.5. The molecule has 2 aromatic carbocycles. The summed E-state index contributed by atoms with van der Waals surface area (Å²) in [7, 11) is 0. The normalized spacial score (nSPS) is 15.9. The van der Waals surface area contributed by atoms with Crippen molar-refractivity contribution in [3.63, 3.8) is 0 Å². The molecule has 4 aromatic rings. The van der Waals surface area contributed by atoms with Crippen LogP contribution in [0.25, 0.3) is 28.2 Å². The monoisotopic (exact) mass is 670 g/mol. The molecule has 1 fully saturated rings. The number of aliphatic carboxylic acids is 1. The minimum atomic E-state index is -1.26. The molecule has 2 aromatic heterocycles. The van der Waals surface area contributed by atoms with Crippen LogP contribution < -0.4 is 9.64 Å². The standard InChI is InChI=1S/C39H47FN4O5/c1-9-12-25(3)48-32-16-15-29(40)23-30(32)27-13-11-14-28(22-27)31-24-44-35(43-19-17-39(8,18-20-43)47-21-10-2)33(26(4)41-37(44)42-31)34(36(45)46)49-38(5,6)7/h9-11,13-16,22-25,34H,1-2,12,17-21H2,3-8H3,(H,45,46)/t25-,34?/m0/s1. The van der Waals surface area contributed by atoms with Crippen molar-refractivity contribution in [1.29, 1.82) is 0 Å². The lowest BCUT2D eigenvalue weighted by Crippen LogP contribution is -2.45. The molecule has 10 heteroatoms. The third-order valence-corrected chi connectivity index (χ3v) is 8.68. The van der Waals surface area contributed by atoms with E-state index in [9.17, 15) is 14.3 Å². The molecule has 1 aliphatic heterocycles. The van der Waals surface area contributed by atoms with Gasteiger partial charge in [0.25, 0.3) is 0 Å². The number of imidazole rings is 1. The van der Waals surface area contributed by atoms with Gasteiger partial charge in [-0.3, -0.25) is 4.40 Å². The van der Waals surface area contributed by atoms with Crippen LogP contribution in [0, 0.1) is 12.7 Å². The van der Waals surface area contributed by atoms with E-state index in [1.807, 2.05) is 62.6 Å². The van der Waals surface area contributed by atoms with E-state index in [1.54, 1.807) is 25.1 Å². The minimum absolute atomic E-state index is 0.136. The molecule has 0 spiro atoms. The zero-order valence-corrected chi connectivity index (χ0v) is 29.3. The topological polar surface area (TPSA) is 98.4 Å². The first kappa shape index (κ1) is 35.8. The quantitative estimate of drug-likeness (QED) is 0.142. The maximum absolute atomic E-state index is 14.5. The van der Waals surface area contributed by atoms with E-state index < -0.39 is 17.7 Å². The van der Waals surface area contributed by atoms with E-state index in [0.717, 1.165) is 24.0 Å². The first-order chi connectivity index (χ1) is 23.2. The number of carboxylic acids is 1. The van der Waals surface area contributed by atoms with E-state index in [0.29, 0.717) is 66.0 Å². The van der Waals surface area contributed by atoms with E-state index in [4.69, 9.17) is 24.2 Å². The lowest BCUT2D eigenvalue weighted by molar-refractivity contribution is -0.160. The smallest absolute Gasteiger partial charge is 0.337 e. The second kappa shape index (κ2) is 14.5. The summed E-state index contributed by atoms with van der Waals surface area (Å²) in [6.45, 7) is 20.6. The predicted octanol–water partition coefficient (Wildman–Crippen LogP) is 8.36. The summed E-state index contributed by atoms with van der Waals surface area (Å²) < 4.78 is 34.9. The largest absolute Gasteiger partial charge is 0.490 e. The maximum atomic E-state index is 14.5. The van der Waals surface area contributed by atoms with Crippen molar-refractivity contribution < 1.29 is 28.5 Å². The summed E-state index contributed by atoms with van der Waals surface area (Å²) in [5.41, 5.74) is 2.75. The minimum Gasteiger partial charge on any atom is -0.490 e. The summed E-state index contributed by atoms with van der Waals surface area (Å²) in [6, 6.07) is 12.2. The Bertz CT molecular complexity index is 1840. The Kier molecular flexibility index (Phi) is 10.6. The number of anilines is 1. The van der Waals surface area contributed by atoms with Gasteiger partial charge in [0.15, 0.2) is 6.10 Å². The number of piperidine rings is 1. The number of aryl methyl sites for hydroxylation is 1. The average molecular weight is 671 g/mol. The Balaban J connectivity index is 1.63. The number of nitrogens with zero attached hydrogens (tertiary/aromatic N) is 4. The molecular weight excluding hydrogens is 623 g/mol. The van der Waals surface area contributed by atoms with Crippen LogP contribution in [0.5, 0.6) is 5.75 Å². The Morgan fingerprint density at radius 2 is 1.82 bits per heavy atom. The van der Waals surface area contributed by atoms with Crippen LogP contribution in [0.15, 0.2) is 74.0 Å². The van der Waals surface area contributed by atoms with Gasteiger partial charge >= 0.3 is 5.97 Å². The van der Waals surface area contributed by atoms with Gasteiger partial charge < -0.3 is 24.2 Å². The van der Waals surface area contributed by atoms with Crippen molar-refractivity contribution in [2.75, 3.05) is 24.6 Å². The van der Waals surface area contributed by atoms with Crippen LogP contribution in [0.4, 0.5) is 10.2 Å². The maximum Gasteiger partial charge on any atom is 0.337 e. The number of hydrogen-bond acceptors (Lipinski definition) is 7. The molecule has 260 valence electrons. The van der Waals surface area contributed by atoms with Crippen molar-refractivity contribution in [1.82, 2.24) is 14.4 Å². The fraction of sp³-hybridized carbons (Fsp3) is 0.410. The number of rotatable bonds is 13. The summed E-state index contributed by atoms with van der Waals surface area (Å²) >= 11 is 0. The highest BCUT2D eigenvalue weighted by molar-refractivity contribution is 5.79. The Morgan fingerprint density at radius 1 is 1.10 bits per heavy atom. The van der Waals surface area contributed by atoms with Gasteiger partial charge in [-0.1, -0.05) is 30.4 Å².